The smallest absolute Gasteiger partial charge is 0.281 e. The van der Waals surface area contributed by atoms with Gasteiger partial charge in [0.25, 0.3) is 10.2 Å². The van der Waals surface area contributed by atoms with Crippen LogP contribution in [0.15, 0.2) is 0 Å². The molecule has 0 heterocycles. The van der Waals surface area contributed by atoms with Gasteiger partial charge < -0.3 is 5.11 Å². The minimum absolute atomic E-state index is 0.00895. The first-order valence-corrected chi connectivity index (χ1v) is 8.54. The van der Waals surface area contributed by atoms with Crippen LogP contribution in [-0.4, -0.2) is 54.9 Å². The van der Waals surface area contributed by atoms with Crippen LogP contribution in [0.25, 0.3) is 0 Å². The lowest BCUT2D eigenvalue weighted by molar-refractivity contribution is 0.245. The van der Waals surface area contributed by atoms with Crippen molar-refractivity contribution < 1.29 is 13.5 Å². The molecule has 0 atom stereocenters. The van der Waals surface area contributed by atoms with E-state index < -0.39 is 10.2 Å². The van der Waals surface area contributed by atoms with Gasteiger partial charge in [0, 0.05) is 32.8 Å². The first-order valence-electron chi connectivity index (χ1n) is 7.15. The molecule has 0 aromatic carbocycles. The van der Waals surface area contributed by atoms with Crippen LogP contribution in [0.4, 0.5) is 0 Å². The molecule has 6 heteroatoms. The van der Waals surface area contributed by atoms with Crippen molar-refractivity contribution in [3.8, 4) is 0 Å². The van der Waals surface area contributed by atoms with E-state index in [4.69, 9.17) is 5.11 Å². The minimum Gasteiger partial charge on any atom is -0.396 e. The monoisotopic (exact) mass is 294 g/mol. The van der Waals surface area contributed by atoms with Crippen LogP contribution in [0.3, 0.4) is 0 Å². The Hall–Kier alpha value is -0.170. The second kappa shape index (κ2) is 8.89. The Morgan fingerprint density at radius 2 is 1.68 bits per heavy atom. The van der Waals surface area contributed by atoms with Gasteiger partial charge in [0.2, 0.25) is 0 Å². The van der Waals surface area contributed by atoms with Crippen molar-refractivity contribution in [2.45, 2.75) is 53.0 Å². The van der Waals surface area contributed by atoms with E-state index >= 15 is 0 Å². The molecule has 0 radical (unpaired) electrons. The Morgan fingerprint density at radius 3 is 2.05 bits per heavy atom. The van der Waals surface area contributed by atoms with Gasteiger partial charge >= 0.3 is 0 Å². The average Bonchev–Trinajstić information content (AvgIpc) is 2.35. The van der Waals surface area contributed by atoms with Gasteiger partial charge in [-0.05, 0) is 25.2 Å². The van der Waals surface area contributed by atoms with Crippen molar-refractivity contribution in [1.29, 1.82) is 0 Å². The number of hydrogen-bond donors (Lipinski definition) is 1. The summed E-state index contributed by atoms with van der Waals surface area (Å²) in [6, 6.07) is 0.0453. The normalized spacial score (nSPS) is 13.2. The molecule has 0 rings (SSSR count). The quantitative estimate of drug-likeness (QED) is 0.667. The number of rotatable bonds is 10. The third kappa shape index (κ3) is 5.77. The highest BCUT2D eigenvalue weighted by Crippen LogP contribution is 2.18. The van der Waals surface area contributed by atoms with Gasteiger partial charge in [0.05, 0.1) is 0 Å². The van der Waals surface area contributed by atoms with E-state index in [-0.39, 0.29) is 12.6 Å². The molecule has 1 N–H and O–H groups in total. The molecule has 5 nitrogen and oxygen atoms in total. The topological polar surface area (TPSA) is 60.9 Å². The summed E-state index contributed by atoms with van der Waals surface area (Å²) in [5.74, 6) is 0.293. The van der Waals surface area contributed by atoms with Crippen molar-refractivity contribution in [3.05, 3.63) is 0 Å². The van der Waals surface area contributed by atoms with Crippen LogP contribution in [0.5, 0.6) is 0 Å². The second-order valence-electron chi connectivity index (χ2n) is 5.34. The lowest BCUT2D eigenvalue weighted by Gasteiger charge is -2.34. The van der Waals surface area contributed by atoms with Crippen molar-refractivity contribution in [3.63, 3.8) is 0 Å². The van der Waals surface area contributed by atoms with E-state index in [2.05, 4.69) is 0 Å². The molecule has 0 spiro atoms. The van der Waals surface area contributed by atoms with Gasteiger partial charge in [-0.15, -0.1) is 0 Å². The van der Waals surface area contributed by atoms with Gasteiger partial charge in [-0.2, -0.15) is 17.0 Å². The molecule has 0 saturated heterocycles. The van der Waals surface area contributed by atoms with Crippen molar-refractivity contribution in [2.75, 3.05) is 26.7 Å². The van der Waals surface area contributed by atoms with Gasteiger partial charge in [-0.25, -0.2) is 0 Å². The van der Waals surface area contributed by atoms with E-state index in [1.165, 1.54) is 4.31 Å². The van der Waals surface area contributed by atoms with Crippen LogP contribution in [-0.2, 0) is 10.2 Å². The number of nitrogens with zero attached hydrogens (tertiary/aromatic N) is 2. The van der Waals surface area contributed by atoms with E-state index in [1.54, 1.807) is 11.4 Å². The summed E-state index contributed by atoms with van der Waals surface area (Å²) in [4.78, 5) is 0. The highest BCUT2D eigenvalue weighted by molar-refractivity contribution is 7.86. The number of hydrogen-bond acceptors (Lipinski definition) is 3. The SMILES string of the molecule is CCC(CC)N(CC(C)C)S(=O)(=O)N(C)CCCO. The summed E-state index contributed by atoms with van der Waals surface area (Å²) in [5, 5.41) is 8.83. The molecule has 0 amide bonds. The minimum atomic E-state index is -3.44. The first kappa shape index (κ1) is 18.8. The van der Waals surface area contributed by atoms with Crippen LogP contribution < -0.4 is 0 Å². The molecule has 0 unspecified atom stereocenters. The van der Waals surface area contributed by atoms with Crippen molar-refractivity contribution in [1.82, 2.24) is 8.61 Å². The zero-order valence-corrected chi connectivity index (χ0v) is 13.8. The predicted octanol–water partition coefficient (Wildman–Crippen LogP) is 1.69. The van der Waals surface area contributed by atoms with E-state index in [9.17, 15) is 8.42 Å². The van der Waals surface area contributed by atoms with E-state index in [1.807, 2.05) is 27.7 Å². The van der Waals surface area contributed by atoms with E-state index in [0.717, 1.165) is 12.8 Å². The predicted molar refractivity (Wildman–Crippen MR) is 79.2 cm³/mol. The Bertz CT molecular complexity index is 327. The Labute approximate surface area is 118 Å². The molecule has 0 aliphatic heterocycles. The zero-order chi connectivity index (χ0) is 15.1. The van der Waals surface area contributed by atoms with Crippen molar-refractivity contribution >= 4 is 10.2 Å². The van der Waals surface area contributed by atoms with Crippen LogP contribution in [0.1, 0.15) is 47.0 Å². The fraction of sp³-hybridized carbons (Fsp3) is 1.00. The Balaban J connectivity index is 5.10. The molecule has 19 heavy (non-hydrogen) atoms. The molecular weight excluding hydrogens is 264 g/mol. The summed E-state index contributed by atoms with van der Waals surface area (Å²) in [6.45, 7) is 8.99. The lowest BCUT2D eigenvalue weighted by Crippen LogP contribution is -2.48. The van der Waals surface area contributed by atoms with Gasteiger partial charge in [0.1, 0.15) is 0 Å². The maximum atomic E-state index is 12.6. The lowest BCUT2D eigenvalue weighted by atomic mass is 10.1. The molecule has 0 aromatic heterocycles. The maximum Gasteiger partial charge on any atom is 0.281 e. The number of aliphatic hydroxyl groups excluding tert-OH is 1. The van der Waals surface area contributed by atoms with E-state index in [0.29, 0.717) is 25.4 Å². The van der Waals surface area contributed by atoms with Crippen molar-refractivity contribution in [2.24, 2.45) is 5.92 Å². The maximum absolute atomic E-state index is 12.6. The van der Waals surface area contributed by atoms with Crippen LogP contribution in [0.2, 0.25) is 0 Å². The summed E-state index contributed by atoms with van der Waals surface area (Å²) < 4.78 is 28.2. The summed E-state index contributed by atoms with van der Waals surface area (Å²) in [7, 11) is -1.85. The zero-order valence-electron chi connectivity index (χ0n) is 13.0. The van der Waals surface area contributed by atoms with Gasteiger partial charge in [0.15, 0.2) is 0 Å². The summed E-state index contributed by atoms with van der Waals surface area (Å²) in [6.07, 6.45) is 2.10. The standard InChI is InChI=1S/C13H30N2O3S/c1-6-13(7-2)15(11-12(3)4)19(17,18)14(5)9-8-10-16/h12-13,16H,6-11H2,1-5H3. The van der Waals surface area contributed by atoms with Crippen LogP contribution >= 0.6 is 0 Å². The molecule has 0 aliphatic carbocycles. The molecule has 0 aromatic rings. The van der Waals surface area contributed by atoms with Crippen LogP contribution in [0, 0.1) is 5.92 Å². The molecule has 0 fully saturated rings. The Morgan fingerprint density at radius 1 is 1.16 bits per heavy atom. The highest BCUT2D eigenvalue weighted by Gasteiger charge is 2.31. The fourth-order valence-corrected chi connectivity index (χ4v) is 3.95. The summed E-state index contributed by atoms with van der Waals surface area (Å²) >= 11 is 0. The molecule has 116 valence electrons. The average molecular weight is 294 g/mol. The third-order valence-electron chi connectivity index (χ3n) is 3.22. The molecule has 0 saturated carbocycles. The molecule has 0 aliphatic rings. The number of aliphatic hydroxyl groups is 1. The first-order chi connectivity index (χ1) is 8.81. The van der Waals surface area contributed by atoms with Gasteiger partial charge in [-0.3, -0.25) is 0 Å². The fourth-order valence-electron chi connectivity index (χ4n) is 2.08. The third-order valence-corrected chi connectivity index (χ3v) is 5.23. The summed E-state index contributed by atoms with van der Waals surface area (Å²) in [5.41, 5.74) is 0. The largest absolute Gasteiger partial charge is 0.396 e. The van der Waals surface area contributed by atoms with Gasteiger partial charge in [-0.1, -0.05) is 27.7 Å². The molecule has 0 bridgehead atoms. The molecular formula is C13H30N2O3S. The second-order valence-corrected chi connectivity index (χ2v) is 7.33. The highest BCUT2D eigenvalue weighted by atomic mass is 32.2. The Kier molecular flexibility index (Phi) is 8.81.